The molecule has 7 nitrogen and oxygen atoms in total. The van der Waals surface area contributed by atoms with Crippen molar-refractivity contribution in [2.24, 2.45) is 5.92 Å². The predicted molar refractivity (Wildman–Crippen MR) is 128 cm³/mol. The lowest BCUT2D eigenvalue weighted by molar-refractivity contribution is -0.143. The van der Waals surface area contributed by atoms with Crippen LogP contribution in [0.15, 0.2) is 61.2 Å². The number of hydrogen-bond donors (Lipinski definition) is 3. The molecule has 2 aliphatic carbocycles. The van der Waals surface area contributed by atoms with Crippen LogP contribution in [0, 0.1) is 5.92 Å². The van der Waals surface area contributed by atoms with Crippen LogP contribution in [0.1, 0.15) is 49.7 Å². The van der Waals surface area contributed by atoms with E-state index < -0.39 is 29.6 Å². The highest BCUT2D eigenvalue weighted by molar-refractivity contribution is 5.93. The minimum Gasteiger partial charge on any atom is -0.480 e. The Kier molecular flexibility index (Phi) is 6.72. The number of carboxylic acid groups (broad SMARTS) is 1. The Morgan fingerprint density at radius 3 is 2.24 bits per heavy atom. The normalized spacial score (nSPS) is 17.0. The van der Waals surface area contributed by atoms with Crippen LogP contribution in [0.4, 0.5) is 4.79 Å². The Morgan fingerprint density at radius 2 is 1.71 bits per heavy atom. The van der Waals surface area contributed by atoms with Gasteiger partial charge in [-0.05, 0) is 60.8 Å². The first kappa shape index (κ1) is 23.5. The molecule has 2 amide bonds. The van der Waals surface area contributed by atoms with Crippen LogP contribution < -0.4 is 10.6 Å². The number of nitrogens with one attached hydrogen (secondary N) is 2. The monoisotopic (exact) mass is 462 g/mol. The molecule has 2 aromatic carbocycles. The molecule has 2 unspecified atom stereocenters. The van der Waals surface area contributed by atoms with Crippen molar-refractivity contribution < 1.29 is 24.2 Å². The molecular formula is C27H30N2O5. The van der Waals surface area contributed by atoms with Gasteiger partial charge < -0.3 is 20.5 Å². The van der Waals surface area contributed by atoms with E-state index in [4.69, 9.17) is 4.74 Å². The van der Waals surface area contributed by atoms with Gasteiger partial charge in [0, 0.05) is 5.92 Å². The van der Waals surface area contributed by atoms with E-state index in [1.807, 2.05) is 36.4 Å². The quantitative estimate of drug-likeness (QED) is 0.459. The minimum atomic E-state index is -1.25. The molecule has 0 saturated heterocycles. The fourth-order valence-electron chi connectivity index (χ4n) is 4.70. The molecule has 2 aliphatic rings. The summed E-state index contributed by atoms with van der Waals surface area (Å²) in [6.45, 7) is 5.37. The molecule has 0 heterocycles. The fourth-order valence-corrected chi connectivity index (χ4v) is 4.70. The summed E-state index contributed by atoms with van der Waals surface area (Å²) in [5, 5.41) is 14.8. The number of carbonyl (C=O) groups is 3. The molecule has 0 radical (unpaired) electrons. The van der Waals surface area contributed by atoms with Crippen molar-refractivity contribution >= 4 is 18.0 Å². The van der Waals surface area contributed by atoms with Crippen molar-refractivity contribution in [3.63, 3.8) is 0 Å². The number of rotatable bonds is 10. The number of carboxylic acids is 1. The van der Waals surface area contributed by atoms with E-state index in [-0.39, 0.29) is 24.9 Å². The maximum absolute atomic E-state index is 13.1. The summed E-state index contributed by atoms with van der Waals surface area (Å²) in [6, 6.07) is 15.1. The van der Waals surface area contributed by atoms with Gasteiger partial charge in [-0.15, -0.1) is 6.58 Å². The van der Waals surface area contributed by atoms with Crippen LogP contribution in [-0.4, -0.2) is 41.3 Å². The number of ether oxygens (including phenoxy) is 1. The van der Waals surface area contributed by atoms with E-state index in [9.17, 15) is 19.5 Å². The molecule has 0 aromatic heterocycles. The van der Waals surface area contributed by atoms with Crippen LogP contribution in [-0.2, 0) is 14.3 Å². The zero-order chi connectivity index (χ0) is 24.3. The van der Waals surface area contributed by atoms with Gasteiger partial charge in [0.2, 0.25) is 5.91 Å². The van der Waals surface area contributed by atoms with E-state index in [1.54, 1.807) is 13.0 Å². The van der Waals surface area contributed by atoms with Gasteiger partial charge in [-0.1, -0.05) is 54.6 Å². The number of fused-ring (bicyclic) bond motifs is 3. The number of hydrogen-bond acceptors (Lipinski definition) is 4. The standard InChI is InChI=1S/C27H30N2O5/c1-3-4-13-23(24(30)31)28-25(32)27(2,17-14-15-17)29-26(33)34-16-22-20-11-7-5-9-18(20)19-10-6-8-12-21(19)22/h3,5-12,17,22-23H,1,4,13-16H2,2H3,(H,28,32)(H,29,33)(H,30,31). The van der Waals surface area contributed by atoms with Crippen molar-refractivity contribution in [1.29, 1.82) is 0 Å². The zero-order valence-corrected chi connectivity index (χ0v) is 19.3. The summed E-state index contributed by atoms with van der Waals surface area (Å²) in [6.07, 6.45) is 3.16. The zero-order valence-electron chi connectivity index (χ0n) is 19.3. The molecule has 0 aliphatic heterocycles. The smallest absolute Gasteiger partial charge is 0.408 e. The molecule has 0 bridgehead atoms. The fraction of sp³-hybridized carbons (Fsp3) is 0.370. The molecule has 0 spiro atoms. The number of aliphatic carboxylic acids is 1. The van der Waals surface area contributed by atoms with E-state index in [0.29, 0.717) is 6.42 Å². The highest BCUT2D eigenvalue weighted by atomic mass is 16.5. The first-order chi connectivity index (χ1) is 16.3. The third-order valence-corrected chi connectivity index (χ3v) is 6.83. The van der Waals surface area contributed by atoms with Crippen LogP contribution in [0.3, 0.4) is 0 Å². The summed E-state index contributed by atoms with van der Waals surface area (Å²) in [5.41, 5.74) is 3.23. The van der Waals surface area contributed by atoms with Gasteiger partial charge in [0.1, 0.15) is 18.2 Å². The first-order valence-electron chi connectivity index (χ1n) is 11.6. The number of alkyl carbamates (subject to hydrolysis) is 1. The maximum Gasteiger partial charge on any atom is 0.408 e. The second kappa shape index (κ2) is 9.71. The highest BCUT2D eigenvalue weighted by Gasteiger charge is 2.49. The van der Waals surface area contributed by atoms with E-state index >= 15 is 0 Å². The summed E-state index contributed by atoms with van der Waals surface area (Å²) >= 11 is 0. The van der Waals surface area contributed by atoms with Gasteiger partial charge >= 0.3 is 12.1 Å². The van der Waals surface area contributed by atoms with Gasteiger partial charge in [0.15, 0.2) is 0 Å². The first-order valence-corrected chi connectivity index (χ1v) is 11.6. The van der Waals surface area contributed by atoms with Crippen molar-refractivity contribution in [3.05, 3.63) is 72.3 Å². The Hall–Kier alpha value is -3.61. The molecule has 1 fully saturated rings. The molecule has 7 heteroatoms. The van der Waals surface area contributed by atoms with E-state index in [1.165, 1.54) is 0 Å². The molecule has 178 valence electrons. The number of amides is 2. The Morgan fingerprint density at radius 1 is 1.12 bits per heavy atom. The van der Waals surface area contributed by atoms with Crippen molar-refractivity contribution in [3.8, 4) is 11.1 Å². The molecule has 3 N–H and O–H groups in total. The summed E-state index contributed by atoms with van der Waals surface area (Å²) in [7, 11) is 0. The lowest BCUT2D eigenvalue weighted by atomic mass is 9.94. The SMILES string of the molecule is C=CCCC(NC(=O)C(C)(NC(=O)OCC1c2ccccc2-c2ccccc21)C1CC1)C(=O)O. The molecule has 1 saturated carbocycles. The van der Waals surface area contributed by atoms with Crippen LogP contribution >= 0.6 is 0 Å². The van der Waals surface area contributed by atoms with Gasteiger partial charge in [-0.3, -0.25) is 4.79 Å². The van der Waals surface area contributed by atoms with Crippen molar-refractivity contribution in [2.75, 3.05) is 6.61 Å². The second-order valence-electron chi connectivity index (χ2n) is 9.16. The molecular weight excluding hydrogens is 432 g/mol. The van der Waals surface area contributed by atoms with E-state index in [0.717, 1.165) is 35.1 Å². The van der Waals surface area contributed by atoms with Crippen LogP contribution in [0.2, 0.25) is 0 Å². The Balaban J connectivity index is 1.43. The number of allylic oxidation sites excluding steroid dienone is 1. The van der Waals surface area contributed by atoms with Crippen LogP contribution in [0.5, 0.6) is 0 Å². The minimum absolute atomic E-state index is 0.0677. The van der Waals surface area contributed by atoms with Gasteiger partial charge in [-0.25, -0.2) is 9.59 Å². The Labute approximate surface area is 199 Å². The van der Waals surface area contributed by atoms with Crippen molar-refractivity contribution in [1.82, 2.24) is 10.6 Å². The summed E-state index contributed by atoms with van der Waals surface area (Å²) in [5.74, 6) is -1.79. The lowest BCUT2D eigenvalue weighted by Gasteiger charge is -2.31. The largest absolute Gasteiger partial charge is 0.480 e. The summed E-state index contributed by atoms with van der Waals surface area (Å²) in [4.78, 5) is 37.5. The summed E-state index contributed by atoms with van der Waals surface area (Å²) < 4.78 is 5.62. The Bertz CT molecular complexity index is 1060. The highest BCUT2D eigenvalue weighted by Crippen LogP contribution is 2.44. The van der Waals surface area contributed by atoms with Gasteiger partial charge in [0.05, 0.1) is 0 Å². The van der Waals surface area contributed by atoms with Crippen molar-refractivity contribution in [2.45, 2.75) is 50.1 Å². The van der Waals surface area contributed by atoms with E-state index in [2.05, 4.69) is 29.3 Å². The number of carbonyl (C=O) groups excluding carboxylic acids is 2. The number of benzene rings is 2. The molecule has 2 aromatic rings. The maximum atomic E-state index is 13.1. The third kappa shape index (κ3) is 4.69. The topological polar surface area (TPSA) is 105 Å². The third-order valence-electron chi connectivity index (χ3n) is 6.83. The van der Waals surface area contributed by atoms with Crippen LogP contribution in [0.25, 0.3) is 11.1 Å². The molecule has 2 atom stereocenters. The average molecular weight is 463 g/mol. The second-order valence-corrected chi connectivity index (χ2v) is 9.16. The van der Waals surface area contributed by atoms with Gasteiger partial charge in [-0.2, -0.15) is 0 Å². The lowest BCUT2D eigenvalue weighted by Crippen LogP contribution is -2.61. The predicted octanol–water partition coefficient (Wildman–Crippen LogP) is 4.23. The molecule has 4 rings (SSSR count). The van der Waals surface area contributed by atoms with Gasteiger partial charge in [0.25, 0.3) is 0 Å². The molecule has 34 heavy (non-hydrogen) atoms. The average Bonchev–Trinajstić information content (AvgIpc) is 3.64.